The maximum absolute atomic E-state index is 11.4. The van der Waals surface area contributed by atoms with Crippen LogP contribution >= 0.6 is 0 Å². The average molecular weight is 199 g/mol. The van der Waals surface area contributed by atoms with Gasteiger partial charge in [-0.2, -0.15) is 0 Å². The van der Waals surface area contributed by atoms with Crippen LogP contribution in [0.3, 0.4) is 0 Å². The predicted molar refractivity (Wildman–Crippen MR) is 55.9 cm³/mol. The predicted octanol–water partition coefficient (Wildman–Crippen LogP) is 1.41. The van der Waals surface area contributed by atoms with Crippen molar-refractivity contribution in [1.29, 1.82) is 0 Å². The summed E-state index contributed by atoms with van der Waals surface area (Å²) < 4.78 is 0. The third kappa shape index (κ3) is 3.66. The lowest BCUT2D eigenvalue weighted by Gasteiger charge is -2.29. The first-order valence-corrected chi connectivity index (χ1v) is 5.55. The molecular weight excluding hydrogens is 178 g/mol. The van der Waals surface area contributed by atoms with Crippen LogP contribution in [0.4, 0.5) is 0 Å². The monoisotopic (exact) mass is 199 g/mol. The number of likely N-dealkylation sites (tertiary alicyclic amines) is 1. The summed E-state index contributed by atoms with van der Waals surface area (Å²) in [5.41, 5.74) is 0. The van der Waals surface area contributed by atoms with E-state index in [0.717, 1.165) is 25.8 Å². The molecule has 0 aromatic carbocycles. The highest BCUT2D eigenvalue weighted by atomic mass is 16.3. The van der Waals surface area contributed by atoms with Gasteiger partial charge in [-0.15, -0.1) is 0 Å². The number of carbonyl (C=O) groups excluding carboxylic acids is 1. The van der Waals surface area contributed by atoms with Crippen LogP contribution in [-0.2, 0) is 4.79 Å². The molecule has 3 nitrogen and oxygen atoms in total. The molecule has 0 saturated carbocycles. The van der Waals surface area contributed by atoms with Gasteiger partial charge in [-0.3, -0.25) is 4.79 Å². The molecule has 1 atom stereocenters. The van der Waals surface area contributed by atoms with Crippen LogP contribution in [0.5, 0.6) is 0 Å². The van der Waals surface area contributed by atoms with E-state index in [0.29, 0.717) is 18.9 Å². The van der Waals surface area contributed by atoms with Crippen LogP contribution in [-0.4, -0.2) is 35.1 Å². The van der Waals surface area contributed by atoms with E-state index < -0.39 is 0 Å². The molecule has 82 valence electrons. The zero-order valence-electron chi connectivity index (χ0n) is 9.20. The quantitative estimate of drug-likeness (QED) is 0.743. The minimum absolute atomic E-state index is 0.207. The second-order valence-corrected chi connectivity index (χ2v) is 4.58. The highest BCUT2D eigenvalue weighted by molar-refractivity contribution is 5.76. The Hall–Kier alpha value is -0.570. The maximum atomic E-state index is 11.4. The van der Waals surface area contributed by atoms with E-state index in [4.69, 9.17) is 0 Å². The SMILES string of the molecule is CC(C)CC(O)CN1CCCCC1=O. The van der Waals surface area contributed by atoms with E-state index >= 15 is 0 Å². The van der Waals surface area contributed by atoms with Crippen molar-refractivity contribution in [1.82, 2.24) is 4.90 Å². The van der Waals surface area contributed by atoms with Gasteiger partial charge in [-0.1, -0.05) is 13.8 Å². The molecule has 1 aliphatic heterocycles. The molecule has 0 radical (unpaired) electrons. The normalized spacial score (nSPS) is 20.3. The summed E-state index contributed by atoms with van der Waals surface area (Å²) in [6.45, 7) is 5.52. The average Bonchev–Trinajstić information content (AvgIpc) is 2.07. The fourth-order valence-corrected chi connectivity index (χ4v) is 1.93. The van der Waals surface area contributed by atoms with Crippen LogP contribution in [0, 0.1) is 5.92 Å². The zero-order valence-corrected chi connectivity index (χ0v) is 9.20. The van der Waals surface area contributed by atoms with E-state index in [9.17, 15) is 9.90 Å². The molecule has 1 amide bonds. The maximum Gasteiger partial charge on any atom is 0.222 e. The van der Waals surface area contributed by atoms with Crippen LogP contribution in [0.2, 0.25) is 0 Å². The standard InChI is InChI=1S/C11H21NO2/c1-9(2)7-10(13)8-12-6-4-3-5-11(12)14/h9-10,13H,3-8H2,1-2H3. The Kier molecular flexibility index (Phi) is 4.39. The first-order valence-electron chi connectivity index (χ1n) is 5.55. The Morgan fingerprint density at radius 2 is 2.14 bits per heavy atom. The van der Waals surface area contributed by atoms with Crippen LogP contribution in [0.15, 0.2) is 0 Å². The van der Waals surface area contributed by atoms with Crippen LogP contribution in [0.25, 0.3) is 0 Å². The van der Waals surface area contributed by atoms with Crippen molar-refractivity contribution in [2.45, 2.75) is 45.6 Å². The lowest BCUT2D eigenvalue weighted by molar-refractivity contribution is -0.134. The Morgan fingerprint density at radius 1 is 1.43 bits per heavy atom. The minimum Gasteiger partial charge on any atom is -0.391 e. The highest BCUT2D eigenvalue weighted by Gasteiger charge is 2.20. The Morgan fingerprint density at radius 3 is 2.71 bits per heavy atom. The summed E-state index contributed by atoms with van der Waals surface area (Å²) in [5.74, 6) is 0.698. The second-order valence-electron chi connectivity index (χ2n) is 4.58. The number of carbonyl (C=O) groups is 1. The summed E-state index contributed by atoms with van der Waals surface area (Å²) in [7, 11) is 0. The number of hydrogen-bond donors (Lipinski definition) is 1. The van der Waals surface area contributed by atoms with Crippen molar-refractivity contribution in [2.75, 3.05) is 13.1 Å². The van der Waals surface area contributed by atoms with Crippen molar-refractivity contribution >= 4 is 5.91 Å². The first-order chi connectivity index (χ1) is 6.59. The zero-order chi connectivity index (χ0) is 10.6. The van der Waals surface area contributed by atoms with Gasteiger partial charge in [0.2, 0.25) is 5.91 Å². The van der Waals surface area contributed by atoms with Gasteiger partial charge < -0.3 is 10.0 Å². The van der Waals surface area contributed by atoms with E-state index in [1.54, 1.807) is 4.90 Å². The fourth-order valence-electron chi connectivity index (χ4n) is 1.93. The second kappa shape index (κ2) is 5.35. The molecule has 0 spiro atoms. The lowest BCUT2D eigenvalue weighted by Crippen LogP contribution is -2.40. The number of hydrogen-bond acceptors (Lipinski definition) is 2. The smallest absolute Gasteiger partial charge is 0.222 e. The van der Waals surface area contributed by atoms with E-state index in [1.807, 2.05) is 0 Å². The Labute approximate surface area is 86.1 Å². The number of aliphatic hydroxyl groups excluding tert-OH is 1. The molecule has 1 N–H and O–H groups in total. The molecule has 1 aliphatic rings. The molecule has 0 bridgehead atoms. The van der Waals surface area contributed by atoms with E-state index in [-0.39, 0.29) is 12.0 Å². The molecule has 1 fully saturated rings. The van der Waals surface area contributed by atoms with E-state index in [2.05, 4.69) is 13.8 Å². The molecule has 3 heteroatoms. The largest absolute Gasteiger partial charge is 0.391 e. The van der Waals surface area contributed by atoms with Gasteiger partial charge in [-0.05, 0) is 25.2 Å². The number of amides is 1. The summed E-state index contributed by atoms with van der Waals surface area (Å²) in [4.78, 5) is 13.2. The third-order valence-corrected chi connectivity index (χ3v) is 2.60. The van der Waals surface area contributed by atoms with Crippen molar-refractivity contribution in [3.8, 4) is 0 Å². The molecule has 0 aromatic heterocycles. The van der Waals surface area contributed by atoms with Gasteiger partial charge in [0, 0.05) is 19.5 Å². The van der Waals surface area contributed by atoms with E-state index in [1.165, 1.54) is 0 Å². The van der Waals surface area contributed by atoms with Gasteiger partial charge in [-0.25, -0.2) is 0 Å². The van der Waals surface area contributed by atoms with Gasteiger partial charge in [0.1, 0.15) is 0 Å². The summed E-state index contributed by atoms with van der Waals surface area (Å²) in [6.07, 6.45) is 3.19. The van der Waals surface area contributed by atoms with Gasteiger partial charge >= 0.3 is 0 Å². The number of piperidine rings is 1. The van der Waals surface area contributed by atoms with Gasteiger partial charge in [0.15, 0.2) is 0 Å². The summed E-state index contributed by atoms with van der Waals surface area (Å²) in [6, 6.07) is 0. The molecule has 1 heterocycles. The number of β-amino-alcohol motifs (C(OH)–C–C–N with tert-alkyl or cyclic N) is 1. The van der Waals surface area contributed by atoms with Crippen LogP contribution in [0.1, 0.15) is 39.5 Å². The van der Waals surface area contributed by atoms with Crippen molar-refractivity contribution < 1.29 is 9.90 Å². The highest BCUT2D eigenvalue weighted by Crippen LogP contribution is 2.13. The fraction of sp³-hybridized carbons (Fsp3) is 0.909. The van der Waals surface area contributed by atoms with Crippen molar-refractivity contribution in [3.63, 3.8) is 0 Å². The molecule has 1 unspecified atom stereocenters. The van der Waals surface area contributed by atoms with Crippen molar-refractivity contribution in [2.24, 2.45) is 5.92 Å². The number of nitrogens with zero attached hydrogens (tertiary/aromatic N) is 1. The Balaban J connectivity index is 2.30. The molecule has 1 saturated heterocycles. The molecule has 0 aliphatic carbocycles. The molecule has 14 heavy (non-hydrogen) atoms. The van der Waals surface area contributed by atoms with Crippen molar-refractivity contribution in [3.05, 3.63) is 0 Å². The molecule has 1 rings (SSSR count). The lowest BCUT2D eigenvalue weighted by atomic mass is 10.0. The third-order valence-electron chi connectivity index (χ3n) is 2.60. The minimum atomic E-state index is -0.350. The molecular formula is C11H21NO2. The molecule has 0 aromatic rings. The summed E-state index contributed by atoms with van der Waals surface area (Å²) >= 11 is 0. The van der Waals surface area contributed by atoms with Gasteiger partial charge in [0.25, 0.3) is 0 Å². The first kappa shape index (κ1) is 11.5. The number of aliphatic hydroxyl groups is 1. The Bertz CT molecular complexity index is 192. The van der Waals surface area contributed by atoms with Gasteiger partial charge in [0.05, 0.1) is 6.10 Å². The van der Waals surface area contributed by atoms with Crippen LogP contribution < -0.4 is 0 Å². The summed E-state index contributed by atoms with van der Waals surface area (Å²) in [5, 5.41) is 9.70. The number of rotatable bonds is 4. The topological polar surface area (TPSA) is 40.5 Å².